The Balaban J connectivity index is 2.54. The van der Waals surface area contributed by atoms with Gasteiger partial charge in [-0.25, -0.2) is 8.42 Å². The summed E-state index contributed by atoms with van der Waals surface area (Å²) in [4.78, 5) is 25.1. The minimum Gasteiger partial charge on any atom is -0.395 e. The molecule has 1 atom stereocenters. The van der Waals surface area contributed by atoms with Crippen LogP contribution >= 0.6 is 0 Å². The Hall–Kier alpha value is -3.16. The number of aliphatic hydroxyl groups excluding tert-OH is 1. The fourth-order valence-electron chi connectivity index (χ4n) is 2.98. The summed E-state index contributed by atoms with van der Waals surface area (Å²) >= 11 is 0. The molecule has 0 spiro atoms. The van der Waals surface area contributed by atoms with Gasteiger partial charge in [0.2, 0.25) is 15.4 Å². The van der Waals surface area contributed by atoms with Crippen LogP contribution in [0.2, 0.25) is 0 Å². The molecule has 13 heteroatoms. The van der Waals surface area contributed by atoms with E-state index in [1.165, 1.54) is 36.1 Å². The molecular formula is C22H26F3N3O6S. The molecule has 0 bridgehead atoms. The van der Waals surface area contributed by atoms with Gasteiger partial charge in [-0.3, -0.25) is 9.59 Å². The first-order chi connectivity index (χ1) is 16.1. The summed E-state index contributed by atoms with van der Waals surface area (Å²) in [6, 6.07) is 7.35. The van der Waals surface area contributed by atoms with Crippen molar-refractivity contribution in [2.75, 3.05) is 37.9 Å². The summed E-state index contributed by atoms with van der Waals surface area (Å²) in [5, 5.41) is 23.5. The smallest absolute Gasteiger partial charge is 0.395 e. The van der Waals surface area contributed by atoms with Crippen molar-refractivity contribution in [3.05, 3.63) is 47.5 Å². The molecule has 0 aromatic heterocycles. The molecule has 0 fully saturated rings. The monoisotopic (exact) mass is 517 g/mol. The van der Waals surface area contributed by atoms with Gasteiger partial charge in [-0.2, -0.15) is 13.2 Å². The first kappa shape index (κ1) is 28.1. The van der Waals surface area contributed by atoms with Crippen molar-refractivity contribution in [2.24, 2.45) is 0 Å². The molecule has 0 radical (unpaired) electrons. The van der Waals surface area contributed by atoms with Crippen molar-refractivity contribution in [3.63, 3.8) is 0 Å². The van der Waals surface area contributed by atoms with E-state index in [0.717, 1.165) is 12.1 Å². The zero-order valence-corrected chi connectivity index (χ0v) is 20.2. The topological polar surface area (TPSA) is 136 Å². The number of carbonyl (C=O) groups excluding carboxylic acids is 2. The molecule has 0 saturated heterocycles. The predicted octanol–water partition coefficient (Wildman–Crippen LogP) is 2.19. The van der Waals surface area contributed by atoms with E-state index in [-0.39, 0.29) is 51.4 Å². The van der Waals surface area contributed by atoms with Crippen LogP contribution in [0.25, 0.3) is 0 Å². The number of nitrogens with one attached hydrogen (secondary N) is 2. The Morgan fingerprint density at radius 2 is 1.63 bits per heavy atom. The first-order valence-electron chi connectivity index (χ1n) is 10.2. The normalized spacial score (nSPS) is 13.6. The summed E-state index contributed by atoms with van der Waals surface area (Å²) in [5.41, 5.74) is -3.60. The summed E-state index contributed by atoms with van der Waals surface area (Å²) in [6.45, 7) is 1.17. The third-order valence-corrected chi connectivity index (χ3v) is 7.00. The van der Waals surface area contributed by atoms with Crippen LogP contribution in [-0.4, -0.2) is 74.4 Å². The third-order valence-electron chi connectivity index (χ3n) is 5.19. The molecule has 2 aromatic rings. The van der Waals surface area contributed by atoms with Crippen LogP contribution in [0.5, 0.6) is 0 Å². The van der Waals surface area contributed by atoms with Gasteiger partial charge in [-0.05, 0) is 55.8 Å². The van der Waals surface area contributed by atoms with Gasteiger partial charge in [0.05, 0.1) is 22.1 Å². The predicted molar refractivity (Wildman–Crippen MR) is 122 cm³/mol. The van der Waals surface area contributed by atoms with E-state index >= 15 is 0 Å². The number of amides is 2. The third kappa shape index (κ3) is 5.74. The maximum Gasteiger partial charge on any atom is 0.426 e. The SMILES string of the molecule is Cc1c(NC(=O)[C@@](C)(O)C(F)(F)F)ccc(S(=O)(=O)c2ccc(C(=O)N(C)C)cc2)c1NCCO. The maximum absolute atomic E-state index is 13.3. The number of carbonyl (C=O) groups is 2. The van der Waals surface area contributed by atoms with E-state index in [1.54, 1.807) is 14.1 Å². The number of hydrogen-bond donors (Lipinski definition) is 4. The van der Waals surface area contributed by atoms with Crippen molar-refractivity contribution in [2.45, 2.75) is 35.4 Å². The number of benzene rings is 2. The van der Waals surface area contributed by atoms with Crippen molar-refractivity contribution in [3.8, 4) is 0 Å². The van der Waals surface area contributed by atoms with E-state index in [9.17, 15) is 41.4 Å². The second kappa shape index (κ2) is 10.2. The second-order valence-electron chi connectivity index (χ2n) is 8.01. The van der Waals surface area contributed by atoms with Gasteiger partial charge in [0, 0.05) is 31.9 Å². The fraction of sp³-hybridized carbons (Fsp3) is 0.364. The second-order valence-corrected chi connectivity index (χ2v) is 9.93. The molecule has 192 valence electrons. The number of sulfone groups is 1. The van der Waals surface area contributed by atoms with Crippen molar-refractivity contribution in [1.82, 2.24) is 4.90 Å². The molecule has 0 saturated carbocycles. The van der Waals surface area contributed by atoms with Gasteiger partial charge in [0.1, 0.15) is 0 Å². The largest absolute Gasteiger partial charge is 0.426 e. The Kier molecular flexibility index (Phi) is 8.20. The number of hydrogen-bond acceptors (Lipinski definition) is 7. The summed E-state index contributed by atoms with van der Waals surface area (Å²) in [6.07, 6.45) is -5.24. The molecule has 0 aliphatic carbocycles. The lowest BCUT2D eigenvalue weighted by atomic mass is 10.0. The number of rotatable bonds is 8. The maximum atomic E-state index is 13.3. The first-order valence-corrected chi connectivity index (χ1v) is 11.7. The van der Waals surface area contributed by atoms with Crippen LogP contribution in [0.15, 0.2) is 46.2 Å². The Morgan fingerprint density at radius 1 is 1.06 bits per heavy atom. The van der Waals surface area contributed by atoms with Gasteiger partial charge in [-0.1, -0.05) is 0 Å². The molecule has 0 heterocycles. The van der Waals surface area contributed by atoms with E-state index in [2.05, 4.69) is 5.32 Å². The molecular weight excluding hydrogens is 491 g/mol. The van der Waals surface area contributed by atoms with Crippen molar-refractivity contribution >= 4 is 33.0 Å². The average Bonchev–Trinajstić information content (AvgIpc) is 2.77. The summed E-state index contributed by atoms with van der Waals surface area (Å²) < 4.78 is 65.7. The zero-order valence-electron chi connectivity index (χ0n) is 19.4. The van der Waals surface area contributed by atoms with E-state index < -0.39 is 27.5 Å². The van der Waals surface area contributed by atoms with Crippen molar-refractivity contribution in [1.29, 1.82) is 0 Å². The van der Waals surface area contributed by atoms with Crippen LogP contribution in [0.4, 0.5) is 24.5 Å². The lowest BCUT2D eigenvalue weighted by Crippen LogP contribution is -2.52. The highest BCUT2D eigenvalue weighted by Gasteiger charge is 2.55. The van der Waals surface area contributed by atoms with E-state index in [1.807, 2.05) is 5.32 Å². The van der Waals surface area contributed by atoms with Gasteiger partial charge < -0.3 is 25.7 Å². The van der Waals surface area contributed by atoms with Gasteiger partial charge in [-0.15, -0.1) is 0 Å². The van der Waals surface area contributed by atoms with Gasteiger partial charge in [0.25, 0.3) is 11.8 Å². The standard InChI is InChI=1S/C22H26F3N3O6S/c1-13-16(27-20(31)21(2,32)22(23,24)25)9-10-17(18(13)26-11-12-29)35(33,34)15-7-5-14(6-8-15)19(30)28(3)4/h5-10,26,29,32H,11-12H2,1-4H3,(H,27,31)/t21-/m1/s1. The molecule has 2 rings (SSSR count). The van der Waals surface area contributed by atoms with Crippen LogP contribution < -0.4 is 10.6 Å². The zero-order chi connectivity index (χ0) is 26.8. The van der Waals surface area contributed by atoms with Crippen LogP contribution in [-0.2, 0) is 14.6 Å². The Labute approximate surface area is 200 Å². The Bertz CT molecular complexity index is 1210. The summed E-state index contributed by atoms with van der Waals surface area (Å²) in [5.74, 6) is -2.08. The highest BCUT2D eigenvalue weighted by Crippen LogP contribution is 2.36. The average molecular weight is 518 g/mol. The molecule has 2 aromatic carbocycles. The van der Waals surface area contributed by atoms with Gasteiger partial charge in [0.15, 0.2) is 0 Å². The molecule has 35 heavy (non-hydrogen) atoms. The van der Waals surface area contributed by atoms with Gasteiger partial charge >= 0.3 is 6.18 Å². The lowest BCUT2D eigenvalue weighted by molar-refractivity contribution is -0.242. The van der Waals surface area contributed by atoms with Crippen LogP contribution in [0.3, 0.4) is 0 Å². The summed E-state index contributed by atoms with van der Waals surface area (Å²) in [7, 11) is -1.10. The molecule has 2 amide bonds. The highest BCUT2D eigenvalue weighted by atomic mass is 32.2. The molecule has 4 N–H and O–H groups in total. The van der Waals surface area contributed by atoms with Crippen LogP contribution in [0, 0.1) is 6.92 Å². The van der Waals surface area contributed by atoms with Crippen LogP contribution in [0.1, 0.15) is 22.8 Å². The highest BCUT2D eigenvalue weighted by molar-refractivity contribution is 7.91. The molecule has 0 unspecified atom stereocenters. The molecule has 9 nitrogen and oxygen atoms in total. The number of alkyl halides is 3. The number of halogens is 3. The number of aliphatic hydroxyl groups is 2. The lowest BCUT2D eigenvalue weighted by Gasteiger charge is -2.26. The van der Waals surface area contributed by atoms with E-state index in [4.69, 9.17) is 0 Å². The quantitative estimate of drug-likeness (QED) is 0.421. The molecule has 0 aliphatic rings. The van der Waals surface area contributed by atoms with Crippen molar-refractivity contribution < 1.29 is 41.4 Å². The number of anilines is 2. The Morgan fingerprint density at radius 3 is 2.11 bits per heavy atom. The molecule has 0 aliphatic heterocycles. The van der Waals surface area contributed by atoms with E-state index in [0.29, 0.717) is 6.92 Å². The minimum absolute atomic E-state index is 0.0584. The fourth-order valence-corrected chi connectivity index (χ4v) is 4.47. The number of nitrogens with zero attached hydrogens (tertiary/aromatic N) is 1. The minimum atomic E-state index is -5.24.